The molecule has 0 radical (unpaired) electrons. The van der Waals surface area contributed by atoms with E-state index in [0.717, 1.165) is 12.8 Å². The van der Waals surface area contributed by atoms with Crippen LogP contribution >= 0.6 is 23.2 Å². The van der Waals surface area contributed by atoms with Crippen LogP contribution in [0.2, 0.25) is 10.4 Å². The van der Waals surface area contributed by atoms with Crippen molar-refractivity contribution in [1.29, 1.82) is 0 Å². The molecule has 1 amide bonds. The minimum atomic E-state index is -0.765. The summed E-state index contributed by atoms with van der Waals surface area (Å²) in [5.41, 5.74) is -0.614. The van der Waals surface area contributed by atoms with Gasteiger partial charge in [0.25, 0.3) is 0 Å². The fourth-order valence-corrected chi connectivity index (χ4v) is 4.96. The zero-order chi connectivity index (χ0) is 21.4. The van der Waals surface area contributed by atoms with Gasteiger partial charge in [0.15, 0.2) is 11.0 Å². The number of pyridine rings is 1. The second kappa shape index (κ2) is 6.68. The molecule has 0 aromatic carbocycles. The Balaban J connectivity index is 1.59. The summed E-state index contributed by atoms with van der Waals surface area (Å²) in [6.45, 7) is 6.26. The van der Waals surface area contributed by atoms with E-state index in [9.17, 15) is 9.18 Å². The van der Waals surface area contributed by atoms with Gasteiger partial charge in [0, 0.05) is 6.54 Å². The van der Waals surface area contributed by atoms with E-state index in [0.29, 0.717) is 17.7 Å². The van der Waals surface area contributed by atoms with Gasteiger partial charge in [-0.05, 0) is 45.2 Å². The van der Waals surface area contributed by atoms with E-state index < -0.39 is 11.4 Å². The van der Waals surface area contributed by atoms with Gasteiger partial charge >= 0.3 is 6.09 Å². The van der Waals surface area contributed by atoms with E-state index >= 15 is 0 Å². The summed E-state index contributed by atoms with van der Waals surface area (Å²) in [6, 6.07) is -0.421. The van der Waals surface area contributed by atoms with Gasteiger partial charge in [0.05, 0.1) is 18.1 Å². The van der Waals surface area contributed by atoms with Crippen LogP contribution in [0.4, 0.5) is 15.0 Å². The van der Waals surface area contributed by atoms with Gasteiger partial charge in [-0.1, -0.05) is 11.6 Å². The Morgan fingerprint density at radius 2 is 1.97 bits per heavy atom. The summed E-state index contributed by atoms with van der Waals surface area (Å²) in [4.78, 5) is 29.2. The average molecular weight is 456 g/mol. The first-order valence-corrected chi connectivity index (χ1v) is 10.5. The van der Waals surface area contributed by atoms with Crippen LogP contribution in [0.15, 0.2) is 0 Å². The molecule has 5 heterocycles. The van der Waals surface area contributed by atoms with Gasteiger partial charge in [0.1, 0.15) is 28.9 Å². The summed E-state index contributed by atoms with van der Waals surface area (Å²) in [7, 11) is 0. The Bertz CT molecular complexity index is 1060. The highest BCUT2D eigenvalue weighted by atomic mass is 35.5. The summed E-state index contributed by atoms with van der Waals surface area (Å²) in [6.07, 6.45) is 1.29. The monoisotopic (exact) mass is 455 g/mol. The molecule has 2 aromatic heterocycles. The average Bonchev–Trinajstić information content (AvgIpc) is 2.89. The molecule has 3 aliphatic rings. The normalized spacial score (nSPS) is 25.1. The highest BCUT2D eigenvalue weighted by Gasteiger charge is 2.51. The molecule has 160 valence electrons. The lowest BCUT2D eigenvalue weighted by atomic mass is 10.0. The third-order valence-corrected chi connectivity index (χ3v) is 6.15. The summed E-state index contributed by atoms with van der Waals surface area (Å²) >= 11 is 12.1. The molecule has 3 aliphatic heterocycles. The second-order valence-corrected chi connectivity index (χ2v) is 9.47. The maximum Gasteiger partial charge on any atom is 0.410 e. The number of rotatable bonds is 0. The van der Waals surface area contributed by atoms with Crippen LogP contribution < -0.4 is 9.64 Å². The lowest BCUT2D eigenvalue weighted by Gasteiger charge is -2.46. The lowest BCUT2D eigenvalue weighted by molar-refractivity contribution is 0.00540. The van der Waals surface area contributed by atoms with Crippen LogP contribution in [0, 0.1) is 5.82 Å². The molecule has 0 N–H and O–H groups in total. The molecular formula is C19H20Cl2FN5O3. The van der Waals surface area contributed by atoms with Gasteiger partial charge in [0.2, 0.25) is 11.2 Å². The molecule has 11 heteroatoms. The van der Waals surface area contributed by atoms with Gasteiger partial charge in [-0.15, -0.1) is 0 Å². The number of aromatic nitrogens is 3. The van der Waals surface area contributed by atoms with Crippen molar-refractivity contribution in [3.63, 3.8) is 0 Å². The number of anilines is 1. The number of amides is 1. The minimum absolute atomic E-state index is 0.0254. The quantitative estimate of drug-likeness (QED) is 0.441. The highest BCUT2D eigenvalue weighted by Crippen LogP contribution is 2.44. The fourth-order valence-electron chi connectivity index (χ4n) is 4.63. The molecule has 8 nitrogen and oxygen atoms in total. The SMILES string of the molecule is CC(C)(C)OC(=O)N1C2CCC1C1COc3nc(Cl)c(F)c4nc(Cl)nc(c34)N1C2. The van der Waals surface area contributed by atoms with Crippen molar-refractivity contribution >= 4 is 46.0 Å². The molecule has 2 saturated heterocycles. The summed E-state index contributed by atoms with van der Waals surface area (Å²) in [5, 5.41) is -0.0869. The van der Waals surface area contributed by atoms with Gasteiger partial charge < -0.3 is 14.4 Å². The van der Waals surface area contributed by atoms with Crippen molar-refractivity contribution in [2.45, 2.75) is 57.3 Å². The lowest BCUT2D eigenvalue weighted by Crippen LogP contribution is -2.63. The van der Waals surface area contributed by atoms with E-state index in [1.807, 2.05) is 30.6 Å². The fraction of sp³-hybridized carbons (Fsp3) is 0.579. The Hall–Kier alpha value is -2.13. The van der Waals surface area contributed by atoms with E-state index in [1.54, 1.807) is 0 Å². The van der Waals surface area contributed by atoms with Crippen molar-refractivity contribution in [2.24, 2.45) is 0 Å². The first-order chi connectivity index (χ1) is 14.1. The number of piperazine rings is 1. The molecule has 30 heavy (non-hydrogen) atoms. The van der Waals surface area contributed by atoms with E-state index in [4.69, 9.17) is 32.7 Å². The maximum absolute atomic E-state index is 14.7. The van der Waals surface area contributed by atoms with Crippen molar-refractivity contribution in [3.05, 3.63) is 16.3 Å². The number of hydrogen-bond donors (Lipinski definition) is 0. The van der Waals surface area contributed by atoms with Crippen molar-refractivity contribution in [2.75, 3.05) is 18.1 Å². The number of carbonyl (C=O) groups is 1. The number of hydrogen-bond acceptors (Lipinski definition) is 7. The Morgan fingerprint density at radius 1 is 1.20 bits per heavy atom. The largest absolute Gasteiger partial charge is 0.475 e. The van der Waals surface area contributed by atoms with Crippen LogP contribution in [0.25, 0.3) is 10.9 Å². The van der Waals surface area contributed by atoms with Crippen molar-refractivity contribution in [1.82, 2.24) is 19.9 Å². The Labute approximate surface area is 182 Å². The molecule has 0 spiro atoms. The first kappa shape index (κ1) is 19.8. The molecule has 2 fully saturated rings. The molecule has 3 unspecified atom stereocenters. The third kappa shape index (κ3) is 3.01. The van der Waals surface area contributed by atoms with Crippen LogP contribution in [0.5, 0.6) is 5.88 Å². The van der Waals surface area contributed by atoms with Crippen molar-refractivity contribution < 1.29 is 18.7 Å². The van der Waals surface area contributed by atoms with E-state index in [2.05, 4.69) is 15.0 Å². The standard InChI is InChI=1S/C19H20Cl2FN5O3/c1-19(2,3)30-18(28)27-8-4-5-9(27)10-7-29-16-11-13(12(22)14(20)24-16)23-17(21)25-15(11)26(10)6-8/h8-10H,4-7H2,1-3H3. The van der Waals surface area contributed by atoms with Crippen LogP contribution in [-0.2, 0) is 4.74 Å². The van der Waals surface area contributed by atoms with Crippen LogP contribution in [0.3, 0.4) is 0 Å². The van der Waals surface area contributed by atoms with E-state index in [1.165, 1.54) is 0 Å². The van der Waals surface area contributed by atoms with Gasteiger partial charge in [-0.2, -0.15) is 9.97 Å². The zero-order valence-electron chi connectivity index (χ0n) is 16.7. The molecule has 0 saturated carbocycles. The molecule has 3 atom stereocenters. The zero-order valence-corrected chi connectivity index (χ0v) is 18.2. The third-order valence-electron chi connectivity index (χ3n) is 5.73. The first-order valence-electron chi connectivity index (χ1n) is 9.77. The molecule has 2 aromatic rings. The van der Waals surface area contributed by atoms with E-state index in [-0.39, 0.29) is 52.7 Å². The number of halogens is 3. The number of fused-ring (bicyclic) bond motifs is 5. The predicted molar refractivity (Wildman–Crippen MR) is 109 cm³/mol. The number of ether oxygens (including phenoxy) is 2. The molecular weight excluding hydrogens is 436 g/mol. The molecule has 0 aliphatic carbocycles. The van der Waals surface area contributed by atoms with Crippen LogP contribution in [-0.4, -0.2) is 62.8 Å². The van der Waals surface area contributed by atoms with Crippen molar-refractivity contribution in [3.8, 4) is 5.88 Å². The maximum atomic E-state index is 14.7. The highest BCUT2D eigenvalue weighted by molar-refractivity contribution is 6.31. The summed E-state index contributed by atoms with van der Waals surface area (Å²) in [5.74, 6) is -0.151. The molecule has 2 bridgehead atoms. The van der Waals surface area contributed by atoms with Gasteiger partial charge in [-0.3, -0.25) is 4.90 Å². The van der Waals surface area contributed by atoms with Gasteiger partial charge in [-0.25, -0.2) is 14.2 Å². The Kier molecular flexibility index (Phi) is 4.41. The second-order valence-electron chi connectivity index (χ2n) is 8.78. The minimum Gasteiger partial charge on any atom is -0.475 e. The number of carbonyl (C=O) groups excluding carboxylic acids is 1. The Morgan fingerprint density at radius 3 is 2.70 bits per heavy atom. The predicted octanol–water partition coefficient (Wildman–Crippen LogP) is 3.82. The van der Waals surface area contributed by atoms with Crippen LogP contribution in [0.1, 0.15) is 33.6 Å². The number of nitrogens with zero attached hydrogens (tertiary/aromatic N) is 5. The molecule has 5 rings (SSSR count). The smallest absolute Gasteiger partial charge is 0.410 e. The summed E-state index contributed by atoms with van der Waals surface area (Å²) < 4.78 is 26.2. The topological polar surface area (TPSA) is 80.7 Å².